The fourth-order valence-electron chi connectivity index (χ4n) is 8.07. The van der Waals surface area contributed by atoms with Gasteiger partial charge in [0.15, 0.2) is 6.29 Å². The molecule has 0 amide bonds. The minimum absolute atomic E-state index is 0.0239. The normalized spacial score (nSPS) is 19.7. The molecule has 0 aromatic heterocycles. The number of esters is 1. The Morgan fingerprint density at radius 3 is 1.33 bits per heavy atom. The molecule has 6 unspecified atom stereocenters. The molecule has 6 atom stereocenters. The molecule has 0 aliphatic carbocycles. The van der Waals surface area contributed by atoms with Gasteiger partial charge in [0.2, 0.25) is 0 Å². The Morgan fingerprint density at radius 2 is 0.917 bits per heavy atom. The van der Waals surface area contributed by atoms with E-state index in [1.54, 1.807) is 0 Å². The van der Waals surface area contributed by atoms with E-state index in [9.17, 15) is 33.1 Å². The van der Waals surface area contributed by atoms with Crippen LogP contribution in [-0.2, 0) is 38.3 Å². The maximum atomic E-state index is 12.9. The van der Waals surface area contributed by atoms with Gasteiger partial charge in [0.05, 0.1) is 19.8 Å². The van der Waals surface area contributed by atoms with E-state index < -0.39 is 59.8 Å². The molecule has 12 nitrogen and oxygen atoms in total. The Hall–Kier alpha value is -2.98. The van der Waals surface area contributed by atoms with Gasteiger partial charge < -0.3 is 34.3 Å². The van der Waals surface area contributed by atoms with E-state index in [0.29, 0.717) is 13.0 Å². The van der Waals surface area contributed by atoms with E-state index in [-0.39, 0.29) is 19.6 Å². The number of ether oxygens (including phenoxy) is 4. The van der Waals surface area contributed by atoms with Gasteiger partial charge in [-0.15, -0.1) is 0 Å². The van der Waals surface area contributed by atoms with Crippen LogP contribution in [-0.4, -0.2) is 97.5 Å². The molecule has 0 aromatic rings. The minimum atomic E-state index is -5.07. The Kier molecular flexibility index (Phi) is 45.6. The van der Waals surface area contributed by atoms with Crippen molar-refractivity contribution in [2.24, 2.45) is 0 Å². The molecule has 1 heterocycles. The van der Waals surface area contributed by atoms with Gasteiger partial charge in [0.25, 0.3) is 0 Å². The van der Waals surface area contributed by atoms with E-state index in [0.717, 1.165) is 109 Å². The maximum Gasteiger partial charge on any atom is 0.397 e. The largest absolute Gasteiger partial charge is 0.457 e. The lowest BCUT2D eigenvalue weighted by Crippen LogP contribution is -2.60. The molecular weight excluding hydrogens is 933 g/mol. The fraction of sp³-hybridized carbons (Fsp3) is 0.712. The lowest BCUT2D eigenvalue weighted by Gasteiger charge is -2.41. The maximum absolute atomic E-state index is 12.9. The molecule has 1 aliphatic heterocycles. The van der Waals surface area contributed by atoms with Crippen LogP contribution < -0.4 is 0 Å². The molecule has 0 spiro atoms. The van der Waals surface area contributed by atoms with Crippen molar-refractivity contribution >= 4 is 16.4 Å². The highest BCUT2D eigenvalue weighted by Crippen LogP contribution is 2.26. The summed E-state index contributed by atoms with van der Waals surface area (Å²) in [5, 5.41) is 30.8. The van der Waals surface area contributed by atoms with Crippen LogP contribution in [0, 0.1) is 0 Å². The minimum Gasteiger partial charge on any atom is -0.457 e. The summed E-state index contributed by atoms with van der Waals surface area (Å²) in [7, 11) is -5.07. The lowest BCUT2D eigenvalue weighted by molar-refractivity contribution is -0.301. The molecule has 4 N–H and O–H groups in total. The Labute approximate surface area is 437 Å². The molecule has 72 heavy (non-hydrogen) atoms. The summed E-state index contributed by atoms with van der Waals surface area (Å²) in [5.74, 6) is -0.415. The van der Waals surface area contributed by atoms with Gasteiger partial charge in [-0.3, -0.25) is 9.35 Å². The van der Waals surface area contributed by atoms with Gasteiger partial charge in [0, 0.05) is 13.0 Å². The molecule has 414 valence electrons. The van der Waals surface area contributed by atoms with E-state index in [1.165, 1.54) is 70.6 Å². The monoisotopic (exact) mass is 1030 g/mol. The van der Waals surface area contributed by atoms with Crippen molar-refractivity contribution < 1.29 is 56.2 Å². The first kappa shape index (κ1) is 67.0. The summed E-state index contributed by atoms with van der Waals surface area (Å²) < 4.78 is 59.4. The predicted molar refractivity (Wildman–Crippen MR) is 294 cm³/mol. The van der Waals surface area contributed by atoms with Crippen molar-refractivity contribution in [1.82, 2.24) is 0 Å². The summed E-state index contributed by atoms with van der Waals surface area (Å²) >= 11 is 0. The molecule has 1 saturated heterocycles. The zero-order valence-electron chi connectivity index (χ0n) is 44.7. The summed E-state index contributed by atoms with van der Waals surface area (Å²) in [6, 6.07) is 0. The molecular formula is C59H100O12S. The summed E-state index contributed by atoms with van der Waals surface area (Å²) in [6.07, 6.45) is 58.7. The van der Waals surface area contributed by atoms with Crippen molar-refractivity contribution in [3.8, 4) is 0 Å². The van der Waals surface area contributed by atoms with Gasteiger partial charge >= 0.3 is 16.4 Å². The number of aliphatic hydroxyl groups excluding tert-OH is 3. The smallest absolute Gasteiger partial charge is 0.397 e. The fourth-order valence-corrected chi connectivity index (χ4v) is 8.58. The quantitative estimate of drug-likeness (QED) is 0.0196. The standard InChI is InChI=1S/C59H100O12S/c1-3-5-7-9-11-13-15-17-19-21-23-24-25-26-27-28-29-31-33-35-37-39-41-43-45-47-49-67-51-53(52-68-59-57(63)58(71-72(64,65)66)56(62)54(50-60)70-59)69-55(61)48-46-44-42-40-38-36-34-32-30-22-20-18-16-14-12-10-8-6-4-2/h5-8,11-14,17-20,23-24,30,32,53-54,56-60,62-63H,3-4,9-10,15-16,21-22,25-29,31,33-52H2,1-2H3,(H,64,65,66)/b7-5-,8-6-,13-11-,14-12-,19-17-,20-18-,24-23-,32-30-. The second-order valence-corrected chi connectivity index (χ2v) is 19.8. The molecule has 0 radical (unpaired) electrons. The lowest BCUT2D eigenvalue weighted by atomic mass is 9.99. The van der Waals surface area contributed by atoms with Crippen LogP contribution in [0.2, 0.25) is 0 Å². The van der Waals surface area contributed by atoms with Crippen LogP contribution in [0.5, 0.6) is 0 Å². The number of hydrogen-bond acceptors (Lipinski definition) is 11. The second kappa shape index (κ2) is 48.9. The Balaban J connectivity index is 2.31. The van der Waals surface area contributed by atoms with Crippen molar-refractivity contribution in [1.29, 1.82) is 0 Å². The van der Waals surface area contributed by atoms with Crippen LogP contribution in [0.3, 0.4) is 0 Å². The summed E-state index contributed by atoms with van der Waals surface area (Å²) in [6.45, 7) is 3.75. The first-order valence-electron chi connectivity index (χ1n) is 28.0. The van der Waals surface area contributed by atoms with Crippen LogP contribution in [0.15, 0.2) is 97.2 Å². The zero-order valence-corrected chi connectivity index (χ0v) is 45.5. The number of rotatable bonds is 48. The number of unbranched alkanes of at least 4 members (excludes halogenated alkanes) is 19. The first-order valence-corrected chi connectivity index (χ1v) is 29.4. The van der Waals surface area contributed by atoms with E-state index in [1.807, 2.05) is 0 Å². The van der Waals surface area contributed by atoms with Gasteiger partial charge in [-0.25, -0.2) is 4.18 Å². The highest BCUT2D eigenvalue weighted by molar-refractivity contribution is 7.80. The first-order chi connectivity index (χ1) is 35.1. The number of aliphatic hydroxyl groups is 3. The number of allylic oxidation sites excluding steroid dienone is 16. The van der Waals surface area contributed by atoms with Crippen molar-refractivity contribution in [2.75, 3.05) is 26.4 Å². The zero-order chi connectivity index (χ0) is 52.4. The van der Waals surface area contributed by atoms with Crippen molar-refractivity contribution in [3.63, 3.8) is 0 Å². The highest BCUT2D eigenvalue weighted by Gasteiger charge is 2.48. The third kappa shape index (κ3) is 41.4. The number of hydrogen-bond donors (Lipinski definition) is 4. The van der Waals surface area contributed by atoms with Crippen LogP contribution in [0.1, 0.15) is 206 Å². The SMILES string of the molecule is CC/C=C\C/C=C\C/C=C\C/C=C\CCCCCCCCCCCCCCCOCC(COC1OC(CO)C(O)C(OS(=O)(=O)O)C1O)OC(=O)CCCCCCCC/C=C\C/C=C\C/C=C\C/C=C\CC. The Bertz CT molecular complexity index is 1620. The van der Waals surface area contributed by atoms with Crippen molar-refractivity contribution in [2.45, 2.75) is 243 Å². The average molecular weight is 1030 g/mol. The predicted octanol–water partition coefficient (Wildman–Crippen LogP) is 13.8. The number of carbonyl (C=O) groups excluding carboxylic acids is 1. The molecule has 0 aromatic carbocycles. The molecule has 13 heteroatoms. The van der Waals surface area contributed by atoms with E-state index >= 15 is 0 Å². The van der Waals surface area contributed by atoms with E-state index in [4.69, 9.17) is 18.9 Å². The second-order valence-electron chi connectivity index (χ2n) is 18.8. The summed E-state index contributed by atoms with van der Waals surface area (Å²) in [5.41, 5.74) is 0. The topological polar surface area (TPSA) is 178 Å². The molecule has 1 fully saturated rings. The summed E-state index contributed by atoms with van der Waals surface area (Å²) in [4.78, 5) is 12.9. The van der Waals surface area contributed by atoms with Gasteiger partial charge in [-0.05, 0) is 89.9 Å². The third-order valence-corrected chi connectivity index (χ3v) is 12.7. The third-order valence-electron chi connectivity index (χ3n) is 12.2. The van der Waals surface area contributed by atoms with Crippen LogP contribution in [0.25, 0.3) is 0 Å². The van der Waals surface area contributed by atoms with Gasteiger partial charge in [0.1, 0.15) is 30.5 Å². The number of carbonyl (C=O) groups is 1. The highest BCUT2D eigenvalue weighted by atomic mass is 32.3. The van der Waals surface area contributed by atoms with Crippen LogP contribution in [0.4, 0.5) is 0 Å². The van der Waals surface area contributed by atoms with Gasteiger partial charge in [-0.1, -0.05) is 207 Å². The van der Waals surface area contributed by atoms with Crippen molar-refractivity contribution in [3.05, 3.63) is 97.2 Å². The van der Waals surface area contributed by atoms with E-state index in [2.05, 4.69) is 115 Å². The van der Waals surface area contributed by atoms with Gasteiger partial charge in [-0.2, -0.15) is 8.42 Å². The van der Waals surface area contributed by atoms with Crippen LogP contribution >= 0.6 is 0 Å². The molecule has 1 aliphatic rings. The Morgan fingerprint density at radius 1 is 0.528 bits per heavy atom. The molecule has 0 saturated carbocycles. The molecule has 0 bridgehead atoms. The average Bonchev–Trinajstić information content (AvgIpc) is 3.36. The molecule has 1 rings (SSSR count).